The summed E-state index contributed by atoms with van der Waals surface area (Å²) < 4.78 is 12.8. The summed E-state index contributed by atoms with van der Waals surface area (Å²) in [6.45, 7) is 4.50. The predicted octanol–water partition coefficient (Wildman–Crippen LogP) is 2.72. The molecule has 1 rings (SSSR count). The SMILES string of the molecule is CC(C)(CN)c1ccc(F)c(Cl)c1. The molecule has 0 bridgehead atoms. The Labute approximate surface area is 82.7 Å². The van der Waals surface area contributed by atoms with E-state index in [1.807, 2.05) is 13.8 Å². The van der Waals surface area contributed by atoms with E-state index in [1.165, 1.54) is 6.07 Å². The highest BCUT2D eigenvalue weighted by Crippen LogP contribution is 2.25. The van der Waals surface area contributed by atoms with Crippen molar-refractivity contribution in [3.8, 4) is 0 Å². The lowest BCUT2D eigenvalue weighted by molar-refractivity contribution is 0.536. The molecule has 0 aliphatic carbocycles. The minimum Gasteiger partial charge on any atom is -0.330 e. The average Bonchev–Trinajstić information content (AvgIpc) is 2.09. The van der Waals surface area contributed by atoms with E-state index in [0.29, 0.717) is 6.54 Å². The van der Waals surface area contributed by atoms with Gasteiger partial charge < -0.3 is 5.73 Å². The molecule has 0 saturated heterocycles. The smallest absolute Gasteiger partial charge is 0.141 e. The molecule has 13 heavy (non-hydrogen) atoms. The zero-order valence-electron chi connectivity index (χ0n) is 7.77. The van der Waals surface area contributed by atoms with Crippen molar-refractivity contribution in [2.45, 2.75) is 19.3 Å². The molecule has 0 aliphatic rings. The molecule has 0 aromatic heterocycles. The highest BCUT2D eigenvalue weighted by molar-refractivity contribution is 6.30. The summed E-state index contributed by atoms with van der Waals surface area (Å²) in [5, 5.41) is 0.152. The quantitative estimate of drug-likeness (QED) is 0.783. The van der Waals surface area contributed by atoms with Crippen molar-refractivity contribution in [3.63, 3.8) is 0 Å². The van der Waals surface area contributed by atoms with E-state index >= 15 is 0 Å². The number of halogens is 2. The molecule has 0 fully saturated rings. The van der Waals surface area contributed by atoms with Crippen LogP contribution in [0.3, 0.4) is 0 Å². The van der Waals surface area contributed by atoms with Gasteiger partial charge in [0.15, 0.2) is 0 Å². The average molecular weight is 202 g/mol. The molecule has 0 aliphatic heterocycles. The molecule has 0 unspecified atom stereocenters. The first-order valence-corrected chi connectivity index (χ1v) is 4.51. The van der Waals surface area contributed by atoms with Gasteiger partial charge in [0, 0.05) is 12.0 Å². The Morgan fingerprint density at radius 1 is 1.46 bits per heavy atom. The topological polar surface area (TPSA) is 26.0 Å². The third kappa shape index (κ3) is 2.20. The molecular weight excluding hydrogens is 189 g/mol. The molecule has 0 spiro atoms. The molecule has 0 saturated carbocycles. The zero-order valence-corrected chi connectivity index (χ0v) is 8.53. The van der Waals surface area contributed by atoms with Gasteiger partial charge in [-0.25, -0.2) is 4.39 Å². The fraction of sp³-hybridized carbons (Fsp3) is 0.400. The second kappa shape index (κ2) is 3.64. The van der Waals surface area contributed by atoms with Crippen molar-refractivity contribution in [3.05, 3.63) is 34.6 Å². The molecule has 2 N–H and O–H groups in total. The van der Waals surface area contributed by atoms with E-state index in [9.17, 15) is 4.39 Å². The lowest BCUT2D eigenvalue weighted by Gasteiger charge is -2.23. The van der Waals surface area contributed by atoms with Gasteiger partial charge in [-0.1, -0.05) is 31.5 Å². The summed E-state index contributed by atoms with van der Waals surface area (Å²) in [5.74, 6) is -0.391. The van der Waals surface area contributed by atoms with Crippen LogP contribution in [0.15, 0.2) is 18.2 Å². The predicted molar refractivity (Wildman–Crippen MR) is 53.5 cm³/mol. The number of rotatable bonds is 2. The Bertz CT molecular complexity index is 310. The van der Waals surface area contributed by atoms with Crippen LogP contribution in [0.5, 0.6) is 0 Å². The Hall–Kier alpha value is -0.600. The molecule has 3 heteroatoms. The Morgan fingerprint density at radius 2 is 2.08 bits per heavy atom. The fourth-order valence-electron chi connectivity index (χ4n) is 1.03. The van der Waals surface area contributed by atoms with Gasteiger partial charge >= 0.3 is 0 Å². The van der Waals surface area contributed by atoms with Gasteiger partial charge in [-0.05, 0) is 17.7 Å². The first kappa shape index (κ1) is 10.5. The van der Waals surface area contributed by atoms with Crippen LogP contribution in [-0.4, -0.2) is 6.54 Å². The molecule has 0 amide bonds. The normalized spacial score (nSPS) is 11.8. The summed E-state index contributed by atoms with van der Waals surface area (Å²) in [4.78, 5) is 0. The largest absolute Gasteiger partial charge is 0.330 e. The number of nitrogens with two attached hydrogens (primary N) is 1. The zero-order chi connectivity index (χ0) is 10.1. The number of benzene rings is 1. The minimum atomic E-state index is -0.391. The maximum Gasteiger partial charge on any atom is 0.141 e. The number of hydrogen-bond donors (Lipinski definition) is 1. The van der Waals surface area contributed by atoms with Crippen LogP contribution in [0, 0.1) is 5.82 Å². The fourth-order valence-corrected chi connectivity index (χ4v) is 1.22. The van der Waals surface area contributed by atoms with Crippen molar-refractivity contribution >= 4 is 11.6 Å². The van der Waals surface area contributed by atoms with E-state index in [-0.39, 0.29) is 10.4 Å². The summed E-state index contributed by atoms with van der Waals surface area (Å²) in [5.41, 5.74) is 6.39. The van der Waals surface area contributed by atoms with E-state index in [4.69, 9.17) is 17.3 Å². The maximum atomic E-state index is 12.8. The second-order valence-electron chi connectivity index (χ2n) is 3.72. The van der Waals surface area contributed by atoms with Crippen molar-refractivity contribution in [1.29, 1.82) is 0 Å². The van der Waals surface area contributed by atoms with Crippen molar-refractivity contribution < 1.29 is 4.39 Å². The van der Waals surface area contributed by atoms with Crippen LogP contribution in [0.4, 0.5) is 4.39 Å². The first-order valence-electron chi connectivity index (χ1n) is 4.13. The van der Waals surface area contributed by atoms with E-state index < -0.39 is 5.82 Å². The van der Waals surface area contributed by atoms with Crippen LogP contribution in [0.25, 0.3) is 0 Å². The monoisotopic (exact) mass is 201 g/mol. The van der Waals surface area contributed by atoms with Crippen LogP contribution in [-0.2, 0) is 5.41 Å². The maximum absolute atomic E-state index is 12.8. The van der Waals surface area contributed by atoms with E-state index in [1.54, 1.807) is 12.1 Å². The molecule has 1 nitrogen and oxygen atoms in total. The number of hydrogen-bond acceptors (Lipinski definition) is 1. The minimum absolute atomic E-state index is 0.152. The lowest BCUT2D eigenvalue weighted by atomic mass is 9.85. The highest BCUT2D eigenvalue weighted by atomic mass is 35.5. The molecule has 0 atom stereocenters. The van der Waals surface area contributed by atoms with Crippen LogP contribution in [0.2, 0.25) is 5.02 Å². The van der Waals surface area contributed by atoms with Crippen molar-refractivity contribution in [1.82, 2.24) is 0 Å². The standard InChI is InChI=1S/C10H13ClFN/c1-10(2,6-13)7-3-4-9(12)8(11)5-7/h3-5H,6,13H2,1-2H3. The van der Waals surface area contributed by atoms with Gasteiger partial charge in [-0.2, -0.15) is 0 Å². The Balaban J connectivity index is 3.10. The molecule has 72 valence electrons. The van der Waals surface area contributed by atoms with Gasteiger partial charge in [-0.15, -0.1) is 0 Å². The molecule has 1 aromatic carbocycles. The Kier molecular flexibility index (Phi) is 2.94. The summed E-state index contributed by atoms with van der Waals surface area (Å²) >= 11 is 5.66. The summed E-state index contributed by atoms with van der Waals surface area (Å²) in [6, 6.07) is 4.72. The van der Waals surface area contributed by atoms with Crippen LogP contribution >= 0.6 is 11.6 Å². The van der Waals surface area contributed by atoms with Gasteiger partial charge in [0.05, 0.1) is 5.02 Å². The lowest BCUT2D eigenvalue weighted by Crippen LogP contribution is -2.28. The molecule has 1 aromatic rings. The molecule has 0 radical (unpaired) electrons. The third-order valence-electron chi connectivity index (χ3n) is 2.21. The Morgan fingerprint density at radius 3 is 2.54 bits per heavy atom. The van der Waals surface area contributed by atoms with Gasteiger partial charge in [-0.3, -0.25) is 0 Å². The molecule has 0 heterocycles. The first-order chi connectivity index (χ1) is 5.97. The van der Waals surface area contributed by atoms with Gasteiger partial charge in [0.2, 0.25) is 0 Å². The van der Waals surface area contributed by atoms with Gasteiger partial charge in [0.1, 0.15) is 5.82 Å². The van der Waals surface area contributed by atoms with Crippen molar-refractivity contribution in [2.24, 2.45) is 5.73 Å². The van der Waals surface area contributed by atoms with Gasteiger partial charge in [0.25, 0.3) is 0 Å². The molecular formula is C10H13ClFN. The van der Waals surface area contributed by atoms with Crippen molar-refractivity contribution in [2.75, 3.05) is 6.54 Å². The van der Waals surface area contributed by atoms with E-state index in [0.717, 1.165) is 5.56 Å². The van der Waals surface area contributed by atoms with E-state index in [2.05, 4.69) is 0 Å². The highest BCUT2D eigenvalue weighted by Gasteiger charge is 2.19. The summed E-state index contributed by atoms with van der Waals surface area (Å²) in [7, 11) is 0. The second-order valence-corrected chi connectivity index (χ2v) is 4.12. The summed E-state index contributed by atoms with van der Waals surface area (Å²) in [6.07, 6.45) is 0. The third-order valence-corrected chi connectivity index (χ3v) is 2.50. The van der Waals surface area contributed by atoms with Crippen LogP contribution in [0.1, 0.15) is 19.4 Å². The van der Waals surface area contributed by atoms with Crippen LogP contribution < -0.4 is 5.73 Å².